The number of pyridine rings is 1. The molecule has 0 aliphatic carbocycles. The zero-order valence-corrected chi connectivity index (χ0v) is 11.3. The van der Waals surface area contributed by atoms with Crippen molar-refractivity contribution in [3.63, 3.8) is 0 Å². The van der Waals surface area contributed by atoms with Crippen LogP contribution in [0.5, 0.6) is 0 Å². The lowest BCUT2D eigenvalue weighted by atomic mass is 10.2. The number of amidine groups is 1. The van der Waals surface area contributed by atoms with Crippen LogP contribution in [0.1, 0.15) is 17.7 Å². The molecular formula is C12H20N4S. The first-order valence-electron chi connectivity index (χ1n) is 5.57. The summed E-state index contributed by atoms with van der Waals surface area (Å²) in [6, 6.07) is 4.19. The van der Waals surface area contributed by atoms with Gasteiger partial charge in [-0.2, -0.15) is 11.8 Å². The molecule has 0 bridgehead atoms. The van der Waals surface area contributed by atoms with Crippen LogP contribution in [0, 0.1) is 5.41 Å². The number of nitrogens with zero attached hydrogens (tertiary/aromatic N) is 2. The van der Waals surface area contributed by atoms with E-state index in [9.17, 15) is 0 Å². The summed E-state index contributed by atoms with van der Waals surface area (Å²) in [6.45, 7) is 0.938. The summed E-state index contributed by atoms with van der Waals surface area (Å²) in [6.07, 6.45) is 2.52. The van der Waals surface area contributed by atoms with Crippen LogP contribution in [-0.2, 0) is 12.3 Å². The number of thioether (sulfide) groups is 1. The first-order chi connectivity index (χ1) is 8.08. The van der Waals surface area contributed by atoms with Crippen molar-refractivity contribution in [2.24, 2.45) is 5.73 Å². The maximum atomic E-state index is 7.13. The smallest absolute Gasteiger partial charge is 0.0913 e. The molecule has 0 fully saturated rings. The fourth-order valence-electron chi connectivity index (χ4n) is 1.43. The molecule has 0 spiro atoms. The minimum Gasteiger partial charge on any atom is -0.388 e. The zero-order chi connectivity index (χ0) is 12.7. The van der Waals surface area contributed by atoms with Gasteiger partial charge in [0, 0.05) is 30.7 Å². The molecule has 0 amide bonds. The van der Waals surface area contributed by atoms with Crippen molar-refractivity contribution in [3.05, 3.63) is 29.6 Å². The number of nitrogens with one attached hydrogen (secondary N) is 1. The topological polar surface area (TPSA) is 66.0 Å². The lowest BCUT2D eigenvalue weighted by molar-refractivity contribution is 0.402. The SMILES string of the molecule is CN(C)Cc1ccnc(CSCCC(=N)N)c1. The summed E-state index contributed by atoms with van der Waals surface area (Å²) in [5, 5.41) is 7.13. The van der Waals surface area contributed by atoms with Gasteiger partial charge in [0.15, 0.2) is 0 Å². The Morgan fingerprint density at radius 2 is 2.29 bits per heavy atom. The molecule has 0 aliphatic rings. The van der Waals surface area contributed by atoms with E-state index in [1.807, 2.05) is 12.3 Å². The number of hydrogen-bond acceptors (Lipinski definition) is 4. The van der Waals surface area contributed by atoms with E-state index in [1.54, 1.807) is 11.8 Å². The van der Waals surface area contributed by atoms with Crippen molar-refractivity contribution < 1.29 is 0 Å². The third-order valence-corrected chi connectivity index (χ3v) is 3.14. The molecule has 94 valence electrons. The molecule has 17 heavy (non-hydrogen) atoms. The molecule has 5 heteroatoms. The van der Waals surface area contributed by atoms with Gasteiger partial charge in [-0.25, -0.2) is 0 Å². The summed E-state index contributed by atoms with van der Waals surface area (Å²) in [4.78, 5) is 6.48. The molecule has 0 saturated heterocycles. The van der Waals surface area contributed by atoms with Crippen molar-refractivity contribution in [2.45, 2.75) is 18.7 Å². The van der Waals surface area contributed by atoms with Crippen molar-refractivity contribution >= 4 is 17.6 Å². The average Bonchev–Trinajstić information content (AvgIpc) is 2.24. The molecule has 1 aromatic heterocycles. The van der Waals surface area contributed by atoms with Gasteiger partial charge in [-0.3, -0.25) is 10.4 Å². The van der Waals surface area contributed by atoms with Crippen molar-refractivity contribution in [1.29, 1.82) is 5.41 Å². The Hall–Kier alpha value is -1.07. The van der Waals surface area contributed by atoms with Crippen molar-refractivity contribution in [2.75, 3.05) is 19.8 Å². The van der Waals surface area contributed by atoms with Crippen LogP contribution in [0.2, 0.25) is 0 Å². The lowest BCUT2D eigenvalue weighted by Crippen LogP contribution is -2.11. The van der Waals surface area contributed by atoms with Crippen LogP contribution < -0.4 is 5.73 Å². The van der Waals surface area contributed by atoms with Gasteiger partial charge in [0.05, 0.1) is 11.5 Å². The highest BCUT2D eigenvalue weighted by atomic mass is 32.2. The van der Waals surface area contributed by atoms with Gasteiger partial charge in [-0.05, 0) is 31.8 Å². The molecule has 3 N–H and O–H groups in total. The fraction of sp³-hybridized carbons (Fsp3) is 0.500. The second-order valence-electron chi connectivity index (χ2n) is 4.22. The van der Waals surface area contributed by atoms with Gasteiger partial charge in [0.25, 0.3) is 0 Å². The Labute approximate surface area is 107 Å². The number of rotatable bonds is 7. The number of nitrogens with two attached hydrogens (primary N) is 1. The summed E-state index contributed by atoms with van der Waals surface area (Å²) in [5.74, 6) is 2.02. The molecule has 1 aromatic rings. The Morgan fingerprint density at radius 1 is 1.53 bits per heavy atom. The van der Waals surface area contributed by atoms with E-state index in [0.29, 0.717) is 6.42 Å². The molecule has 0 saturated carbocycles. The lowest BCUT2D eigenvalue weighted by Gasteiger charge is -2.10. The molecule has 1 heterocycles. The van der Waals surface area contributed by atoms with E-state index >= 15 is 0 Å². The Kier molecular flexibility index (Phi) is 6.00. The summed E-state index contributed by atoms with van der Waals surface area (Å²) < 4.78 is 0. The van der Waals surface area contributed by atoms with E-state index in [2.05, 4.69) is 30.0 Å². The minimum absolute atomic E-state index is 0.256. The van der Waals surface area contributed by atoms with Crippen LogP contribution in [0.25, 0.3) is 0 Å². The van der Waals surface area contributed by atoms with Gasteiger partial charge < -0.3 is 10.6 Å². The highest BCUT2D eigenvalue weighted by Crippen LogP contribution is 2.12. The van der Waals surface area contributed by atoms with E-state index in [0.717, 1.165) is 23.7 Å². The van der Waals surface area contributed by atoms with E-state index in [4.69, 9.17) is 11.1 Å². The zero-order valence-electron chi connectivity index (χ0n) is 10.4. The van der Waals surface area contributed by atoms with Crippen LogP contribution in [0.4, 0.5) is 0 Å². The molecule has 0 aromatic carbocycles. The molecular weight excluding hydrogens is 232 g/mol. The molecule has 1 rings (SSSR count). The molecule has 0 aliphatic heterocycles. The maximum absolute atomic E-state index is 7.13. The standard InChI is InChI=1S/C12H20N4S/c1-16(2)8-10-3-5-15-11(7-10)9-17-6-4-12(13)14/h3,5,7H,4,6,8-9H2,1-2H3,(H3,13,14). The monoisotopic (exact) mass is 252 g/mol. The van der Waals surface area contributed by atoms with Gasteiger partial charge in [-0.15, -0.1) is 0 Å². The van der Waals surface area contributed by atoms with Crippen LogP contribution in [0.3, 0.4) is 0 Å². The predicted octanol–water partition coefficient (Wildman–Crippen LogP) is 1.70. The molecule has 0 atom stereocenters. The first-order valence-corrected chi connectivity index (χ1v) is 6.72. The minimum atomic E-state index is 0.256. The highest BCUT2D eigenvalue weighted by Gasteiger charge is 2.00. The molecule has 0 radical (unpaired) electrons. The Morgan fingerprint density at radius 3 is 2.94 bits per heavy atom. The largest absolute Gasteiger partial charge is 0.388 e. The average molecular weight is 252 g/mol. The van der Waals surface area contributed by atoms with Crippen LogP contribution >= 0.6 is 11.8 Å². The van der Waals surface area contributed by atoms with E-state index in [-0.39, 0.29) is 5.84 Å². The van der Waals surface area contributed by atoms with Gasteiger partial charge in [-0.1, -0.05) is 0 Å². The van der Waals surface area contributed by atoms with E-state index < -0.39 is 0 Å². The van der Waals surface area contributed by atoms with Gasteiger partial charge in [0.2, 0.25) is 0 Å². The third kappa shape index (κ3) is 6.28. The fourth-order valence-corrected chi connectivity index (χ4v) is 2.31. The first kappa shape index (κ1) is 14.0. The second-order valence-corrected chi connectivity index (χ2v) is 5.33. The quantitative estimate of drug-likeness (QED) is 0.440. The normalized spacial score (nSPS) is 10.8. The van der Waals surface area contributed by atoms with Gasteiger partial charge in [0.1, 0.15) is 0 Å². The second kappa shape index (κ2) is 7.29. The molecule has 0 unspecified atom stereocenters. The summed E-state index contributed by atoms with van der Waals surface area (Å²) in [5.41, 5.74) is 7.68. The van der Waals surface area contributed by atoms with Gasteiger partial charge >= 0.3 is 0 Å². The highest BCUT2D eigenvalue weighted by molar-refractivity contribution is 7.98. The van der Waals surface area contributed by atoms with Crippen LogP contribution in [-0.4, -0.2) is 35.6 Å². The molecule has 4 nitrogen and oxygen atoms in total. The Balaban J connectivity index is 2.40. The predicted molar refractivity (Wildman–Crippen MR) is 74.3 cm³/mol. The summed E-state index contributed by atoms with van der Waals surface area (Å²) in [7, 11) is 4.11. The summed E-state index contributed by atoms with van der Waals surface area (Å²) >= 11 is 1.77. The third-order valence-electron chi connectivity index (χ3n) is 2.15. The Bertz CT molecular complexity index is 365. The number of aromatic nitrogens is 1. The maximum Gasteiger partial charge on any atom is 0.0913 e. The van der Waals surface area contributed by atoms with Crippen LogP contribution in [0.15, 0.2) is 18.3 Å². The number of hydrogen-bond donors (Lipinski definition) is 2. The van der Waals surface area contributed by atoms with Crippen molar-refractivity contribution in [1.82, 2.24) is 9.88 Å². The van der Waals surface area contributed by atoms with E-state index in [1.165, 1.54) is 5.56 Å². The van der Waals surface area contributed by atoms with Crippen molar-refractivity contribution in [3.8, 4) is 0 Å².